The van der Waals surface area contributed by atoms with Gasteiger partial charge in [0, 0.05) is 12.8 Å². The summed E-state index contributed by atoms with van der Waals surface area (Å²) in [7, 11) is 0. The van der Waals surface area contributed by atoms with Gasteiger partial charge in [-0.25, -0.2) is 0 Å². The molecule has 6 nitrogen and oxygen atoms in total. The maximum Gasteiger partial charge on any atom is 0.305 e. The molecule has 2 atom stereocenters. The number of allylic oxidation sites excluding steroid dienone is 7. The van der Waals surface area contributed by atoms with E-state index < -0.39 is 12.1 Å². The smallest absolute Gasteiger partial charge is 0.305 e. The van der Waals surface area contributed by atoms with Crippen molar-refractivity contribution in [2.75, 3.05) is 13.2 Å². The number of carbonyl (C=O) groups excluding carboxylic acids is 2. The van der Waals surface area contributed by atoms with Crippen molar-refractivity contribution in [1.29, 1.82) is 0 Å². The molecular weight excluding hydrogens is 935 g/mol. The van der Waals surface area contributed by atoms with Crippen molar-refractivity contribution in [1.82, 2.24) is 5.32 Å². The summed E-state index contributed by atoms with van der Waals surface area (Å²) < 4.78 is 5.48. The Morgan fingerprint density at radius 3 is 1.04 bits per heavy atom. The maximum absolute atomic E-state index is 12.5. The Morgan fingerprint density at radius 1 is 0.368 bits per heavy atom. The molecule has 0 aromatic heterocycles. The molecule has 446 valence electrons. The van der Waals surface area contributed by atoms with Gasteiger partial charge in [-0.2, -0.15) is 0 Å². The third-order valence-electron chi connectivity index (χ3n) is 15.6. The predicted octanol–water partition coefficient (Wildman–Crippen LogP) is 21.7. The first kappa shape index (κ1) is 73.8. The lowest BCUT2D eigenvalue weighted by molar-refractivity contribution is -0.143. The Balaban J connectivity index is 3.43. The summed E-state index contributed by atoms with van der Waals surface area (Å²) in [4.78, 5) is 24.6. The molecule has 3 N–H and O–H groups in total. The number of nitrogens with one attached hydrogen (secondary N) is 1. The summed E-state index contributed by atoms with van der Waals surface area (Å²) in [6.07, 6.45) is 84.6. The van der Waals surface area contributed by atoms with Gasteiger partial charge >= 0.3 is 5.97 Å². The van der Waals surface area contributed by atoms with Gasteiger partial charge in [0.25, 0.3) is 0 Å². The van der Waals surface area contributed by atoms with Crippen LogP contribution in [0.15, 0.2) is 48.6 Å². The van der Waals surface area contributed by atoms with Crippen molar-refractivity contribution in [3.63, 3.8) is 0 Å². The van der Waals surface area contributed by atoms with E-state index in [4.69, 9.17) is 4.74 Å². The van der Waals surface area contributed by atoms with Gasteiger partial charge in [-0.3, -0.25) is 9.59 Å². The average molecular weight is 1070 g/mol. The Morgan fingerprint density at radius 2 is 0.658 bits per heavy atom. The van der Waals surface area contributed by atoms with Crippen LogP contribution in [0, 0.1) is 0 Å². The highest BCUT2D eigenvalue weighted by molar-refractivity contribution is 5.76. The van der Waals surface area contributed by atoms with Gasteiger partial charge in [0.05, 0.1) is 25.4 Å². The van der Waals surface area contributed by atoms with Crippen molar-refractivity contribution in [3.8, 4) is 0 Å². The van der Waals surface area contributed by atoms with Crippen molar-refractivity contribution >= 4 is 11.9 Å². The van der Waals surface area contributed by atoms with E-state index in [0.29, 0.717) is 19.4 Å². The third kappa shape index (κ3) is 61.0. The number of esters is 1. The summed E-state index contributed by atoms with van der Waals surface area (Å²) in [6.45, 7) is 4.89. The van der Waals surface area contributed by atoms with E-state index in [0.717, 1.165) is 51.4 Å². The second kappa shape index (κ2) is 65.3. The van der Waals surface area contributed by atoms with Crippen LogP contribution in [0.5, 0.6) is 0 Å². The van der Waals surface area contributed by atoms with E-state index >= 15 is 0 Å². The fourth-order valence-corrected chi connectivity index (χ4v) is 10.4. The van der Waals surface area contributed by atoms with Crippen LogP contribution in [0.1, 0.15) is 361 Å². The van der Waals surface area contributed by atoms with Gasteiger partial charge < -0.3 is 20.3 Å². The van der Waals surface area contributed by atoms with E-state index in [-0.39, 0.29) is 18.5 Å². The zero-order valence-corrected chi connectivity index (χ0v) is 51.0. The molecule has 0 aromatic rings. The monoisotopic (exact) mass is 1070 g/mol. The van der Waals surface area contributed by atoms with Gasteiger partial charge in [0.2, 0.25) is 5.91 Å². The third-order valence-corrected chi connectivity index (χ3v) is 15.6. The number of rotatable bonds is 63. The van der Waals surface area contributed by atoms with Crippen LogP contribution in [-0.2, 0) is 14.3 Å². The van der Waals surface area contributed by atoms with Crippen LogP contribution in [-0.4, -0.2) is 47.4 Å². The van der Waals surface area contributed by atoms with Gasteiger partial charge in [-0.1, -0.05) is 306 Å². The van der Waals surface area contributed by atoms with Crippen molar-refractivity contribution in [2.45, 2.75) is 373 Å². The summed E-state index contributed by atoms with van der Waals surface area (Å²) in [6, 6.07) is -0.632. The molecule has 1 amide bonds. The molecule has 0 saturated carbocycles. The summed E-state index contributed by atoms with van der Waals surface area (Å²) in [5, 5.41) is 23.2. The number of aliphatic hydroxyl groups excluding tert-OH is 2. The quantitative estimate of drug-likeness (QED) is 0.0320. The Hall–Kier alpha value is -2.18. The molecule has 0 bridgehead atoms. The van der Waals surface area contributed by atoms with Crippen molar-refractivity contribution in [2.24, 2.45) is 0 Å². The molecule has 0 rings (SSSR count). The number of aliphatic hydroxyl groups is 2. The van der Waals surface area contributed by atoms with Crippen molar-refractivity contribution in [3.05, 3.63) is 48.6 Å². The van der Waals surface area contributed by atoms with E-state index in [1.54, 1.807) is 6.08 Å². The van der Waals surface area contributed by atoms with Crippen LogP contribution >= 0.6 is 0 Å². The molecule has 6 heteroatoms. The number of hydrogen-bond acceptors (Lipinski definition) is 5. The Labute approximate surface area is 474 Å². The molecule has 2 unspecified atom stereocenters. The average Bonchev–Trinajstić information content (AvgIpc) is 3.42. The predicted molar refractivity (Wildman–Crippen MR) is 333 cm³/mol. The highest BCUT2D eigenvalue weighted by atomic mass is 16.5. The molecule has 0 aliphatic heterocycles. The normalized spacial score (nSPS) is 12.8. The van der Waals surface area contributed by atoms with Crippen LogP contribution in [0.4, 0.5) is 0 Å². The zero-order chi connectivity index (χ0) is 55.0. The molecule has 0 saturated heterocycles. The SMILES string of the molecule is CCCCC/C=C\C/C=C\CCCCCCCC(=O)OCCCCCCCCCCCCCC/C=C\CCCCCCCCCCCC(=O)NC(CO)C(O)/C=C/CCCCCCCCCCCCCCCCCCC. The van der Waals surface area contributed by atoms with Gasteiger partial charge in [0.15, 0.2) is 0 Å². The molecule has 76 heavy (non-hydrogen) atoms. The lowest BCUT2D eigenvalue weighted by Crippen LogP contribution is -2.45. The lowest BCUT2D eigenvalue weighted by Gasteiger charge is -2.20. The number of amides is 1. The number of carbonyl (C=O) groups is 2. The van der Waals surface area contributed by atoms with Crippen molar-refractivity contribution < 1.29 is 24.5 Å². The minimum Gasteiger partial charge on any atom is -0.466 e. The zero-order valence-electron chi connectivity index (χ0n) is 51.0. The fourth-order valence-electron chi connectivity index (χ4n) is 10.4. The second-order valence-corrected chi connectivity index (χ2v) is 23.1. The highest BCUT2D eigenvalue weighted by Crippen LogP contribution is 2.17. The molecule has 0 fully saturated rings. The Kier molecular flexibility index (Phi) is 63.5. The van der Waals surface area contributed by atoms with E-state index in [1.807, 2.05) is 6.08 Å². The number of hydrogen-bond donors (Lipinski definition) is 3. The van der Waals surface area contributed by atoms with Crippen LogP contribution in [0.2, 0.25) is 0 Å². The fraction of sp³-hybridized carbons (Fsp3) is 0.857. The highest BCUT2D eigenvalue weighted by Gasteiger charge is 2.18. The largest absolute Gasteiger partial charge is 0.466 e. The van der Waals surface area contributed by atoms with E-state index in [2.05, 4.69) is 55.6 Å². The molecule has 0 heterocycles. The van der Waals surface area contributed by atoms with Crippen LogP contribution < -0.4 is 5.32 Å². The molecule has 0 spiro atoms. The molecular formula is C70H131NO5. The molecule has 0 radical (unpaired) electrons. The maximum atomic E-state index is 12.5. The first-order valence-electron chi connectivity index (χ1n) is 33.9. The minimum absolute atomic E-state index is 0.000990. The first-order valence-corrected chi connectivity index (χ1v) is 33.9. The molecule has 0 aliphatic carbocycles. The number of ether oxygens (including phenoxy) is 1. The van der Waals surface area contributed by atoms with Crippen LogP contribution in [0.3, 0.4) is 0 Å². The first-order chi connectivity index (χ1) is 37.5. The van der Waals surface area contributed by atoms with E-state index in [9.17, 15) is 19.8 Å². The standard InChI is InChI=1S/C70H131NO5/c1-3-5-7-9-11-13-15-17-19-20-28-31-35-38-42-46-50-54-58-62-68(73)67(66-72)71-69(74)63-59-55-51-47-43-39-36-32-29-26-24-22-21-23-25-27-30-33-37-41-45-49-53-57-61-65-76-70(75)64-60-56-52-48-44-40-34-18-16-14-12-10-8-6-4-2/h12,14,18,22,24,34,58,62,67-68,72-73H,3-11,13,15-17,19-21,23,25-33,35-57,59-61,63-66H2,1-2H3,(H,71,74)/b14-12-,24-22-,34-18-,62-58+. The van der Waals surface area contributed by atoms with Gasteiger partial charge in [0.1, 0.15) is 0 Å². The van der Waals surface area contributed by atoms with E-state index in [1.165, 1.54) is 283 Å². The summed E-state index contributed by atoms with van der Waals surface area (Å²) >= 11 is 0. The molecule has 0 aromatic carbocycles. The second-order valence-electron chi connectivity index (χ2n) is 23.1. The minimum atomic E-state index is -0.848. The van der Waals surface area contributed by atoms with Crippen LogP contribution in [0.25, 0.3) is 0 Å². The van der Waals surface area contributed by atoms with Gasteiger partial charge in [-0.15, -0.1) is 0 Å². The number of unbranched alkanes of at least 4 members (excludes halogenated alkanes) is 46. The molecule has 0 aliphatic rings. The van der Waals surface area contributed by atoms with Gasteiger partial charge in [-0.05, 0) is 89.9 Å². The summed E-state index contributed by atoms with van der Waals surface area (Å²) in [5.74, 6) is -0.0698. The summed E-state index contributed by atoms with van der Waals surface area (Å²) in [5.41, 5.74) is 0. The Bertz CT molecular complexity index is 1270. The topological polar surface area (TPSA) is 95.9 Å². The lowest BCUT2D eigenvalue weighted by atomic mass is 10.0.